The summed E-state index contributed by atoms with van der Waals surface area (Å²) in [6.45, 7) is 8.24. The number of hydrogen-bond donors (Lipinski definition) is 0. The Kier molecular flexibility index (Phi) is 6.28. The number of aromatic nitrogens is 2. The first-order valence-electron chi connectivity index (χ1n) is 9.82. The summed E-state index contributed by atoms with van der Waals surface area (Å²) >= 11 is 1.61. The quantitative estimate of drug-likeness (QED) is 0.553. The molecular formula is C22H30N4OS. The second-order valence-corrected chi connectivity index (χ2v) is 9.47. The van der Waals surface area contributed by atoms with Gasteiger partial charge >= 0.3 is 0 Å². The van der Waals surface area contributed by atoms with Crippen LogP contribution in [0.15, 0.2) is 35.5 Å². The Labute approximate surface area is 172 Å². The predicted octanol–water partition coefficient (Wildman–Crippen LogP) is 4.37. The Morgan fingerprint density at radius 2 is 1.86 bits per heavy atom. The number of carbonyl (C=O) groups excluding carboxylic acids is 1. The molecule has 1 saturated heterocycles. The lowest BCUT2D eigenvalue weighted by molar-refractivity contribution is 0.0792. The zero-order valence-electron chi connectivity index (χ0n) is 17.5. The SMILES string of the molecule is CN(C)c1cc(C(C)(C)C)nc(SCc2cccc(C(=O)N3CCCC3)c2)n1. The first kappa shape index (κ1) is 20.6. The maximum Gasteiger partial charge on any atom is 0.253 e. The number of thioether (sulfide) groups is 1. The van der Waals surface area contributed by atoms with Gasteiger partial charge in [-0.15, -0.1) is 0 Å². The molecule has 0 bridgehead atoms. The molecule has 3 rings (SSSR count). The molecule has 0 aliphatic carbocycles. The van der Waals surface area contributed by atoms with Crippen LogP contribution < -0.4 is 4.90 Å². The lowest BCUT2D eigenvalue weighted by Crippen LogP contribution is -2.27. The number of carbonyl (C=O) groups is 1. The molecule has 1 aliphatic heterocycles. The minimum atomic E-state index is -0.0366. The van der Waals surface area contributed by atoms with E-state index in [-0.39, 0.29) is 11.3 Å². The lowest BCUT2D eigenvalue weighted by Gasteiger charge is -2.21. The number of anilines is 1. The first-order valence-corrected chi connectivity index (χ1v) is 10.8. The van der Waals surface area contributed by atoms with Gasteiger partial charge in [-0.2, -0.15) is 0 Å². The molecule has 0 saturated carbocycles. The van der Waals surface area contributed by atoms with Crippen molar-refractivity contribution in [1.29, 1.82) is 0 Å². The van der Waals surface area contributed by atoms with Crippen LogP contribution in [0.2, 0.25) is 0 Å². The molecule has 0 N–H and O–H groups in total. The second-order valence-electron chi connectivity index (χ2n) is 8.53. The lowest BCUT2D eigenvalue weighted by atomic mass is 9.92. The van der Waals surface area contributed by atoms with E-state index in [4.69, 9.17) is 4.98 Å². The largest absolute Gasteiger partial charge is 0.363 e. The van der Waals surface area contributed by atoms with Gasteiger partial charge in [0, 0.05) is 50.0 Å². The normalized spacial score (nSPS) is 14.4. The third-order valence-electron chi connectivity index (χ3n) is 4.85. The minimum absolute atomic E-state index is 0.0366. The van der Waals surface area contributed by atoms with Gasteiger partial charge in [-0.05, 0) is 30.5 Å². The summed E-state index contributed by atoms with van der Waals surface area (Å²) in [5.41, 5.74) is 2.89. The maximum absolute atomic E-state index is 12.6. The van der Waals surface area contributed by atoms with Gasteiger partial charge in [0.25, 0.3) is 5.91 Å². The highest BCUT2D eigenvalue weighted by molar-refractivity contribution is 7.98. The molecule has 5 nitrogen and oxygen atoms in total. The molecule has 28 heavy (non-hydrogen) atoms. The fourth-order valence-electron chi connectivity index (χ4n) is 3.14. The molecule has 1 aromatic heterocycles. The Morgan fingerprint density at radius 1 is 1.14 bits per heavy atom. The highest BCUT2D eigenvalue weighted by Gasteiger charge is 2.20. The fourth-order valence-corrected chi connectivity index (χ4v) is 3.93. The van der Waals surface area contributed by atoms with Crippen molar-refractivity contribution < 1.29 is 4.79 Å². The van der Waals surface area contributed by atoms with Crippen molar-refractivity contribution in [3.8, 4) is 0 Å². The van der Waals surface area contributed by atoms with Crippen molar-refractivity contribution in [2.24, 2.45) is 0 Å². The van der Waals surface area contributed by atoms with E-state index in [1.165, 1.54) is 0 Å². The molecule has 2 aromatic rings. The molecule has 2 heterocycles. The van der Waals surface area contributed by atoms with E-state index in [1.807, 2.05) is 42.1 Å². The van der Waals surface area contributed by atoms with Crippen molar-refractivity contribution in [2.75, 3.05) is 32.1 Å². The third kappa shape index (κ3) is 5.04. The van der Waals surface area contributed by atoms with Crippen LogP contribution in [0.3, 0.4) is 0 Å². The molecule has 1 aliphatic rings. The van der Waals surface area contributed by atoms with Crippen molar-refractivity contribution in [3.63, 3.8) is 0 Å². The standard InChI is InChI=1S/C22H30N4OS/c1-22(2,3)18-14-19(25(4)5)24-21(23-18)28-15-16-9-8-10-17(13-16)20(27)26-11-6-7-12-26/h8-10,13-14H,6-7,11-12,15H2,1-5H3. The smallest absolute Gasteiger partial charge is 0.253 e. The van der Waals surface area contributed by atoms with Crippen LogP contribution in [0.25, 0.3) is 0 Å². The summed E-state index contributed by atoms with van der Waals surface area (Å²) in [5.74, 6) is 1.80. The third-order valence-corrected chi connectivity index (χ3v) is 5.77. The van der Waals surface area contributed by atoms with E-state index in [1.54, 1.807) is 11.8 Å². The molecule has 1 amide bonds. The van der Waals surface area contributed by atoms with Gasteiger partial charge in [0.15, 0.2) is 5.16 Å². The monoisotopic (exact) mass is 398 g/mol. The van der Waals surface area contributed by atoms with Crippen LogP contribution in [-0.4, -0.2) is 48.0 Å². The van der Waals surface area contributed by atoms with Crippen molar-refractivity contribution in [1.82, 2.24) is 14.9 Å². The summed E-state index contributed by atoms with van der Waals surface area (Å²) in [5, 5.41) is 0.771. The van der Waals surface area contributed by atoms with Gasteiger partial charge in [-0.3, -0.25) is 4.79 Å². The van der Waals surface area contributed by atoms with E-state index in [2.05, 4.69) is 37.9 Å². The van der Waals surface area contributed by atoms with Crippen LogP contribution in [0.1, 0.15) is 55.2 Å². The van der Waals surface area contributed by atoms with Crippen LogP contribution >= 0.6 is 11.8 Å². The summed E-state index contributed by atoms with van der Waals surface area (Å²) in [6, 6.07) is 10.0. The molecule has 150 valence electrons. The van der Waals surface area contributed by atoms with Crippen LogP contribution in [0.4, 0.5) is 5.82 Å². The number of likely N-dealkylation sites (tertiary alicyclic amines) is 1. The van der Waals surface area contributed by atoms with Gasteiger partial charge in [-0.1, -0.05) is 44.7 Å². The van der Waals surface area contributed by atoms with Gasteiger partial charge in [0.1, 0.15) is 5.82 Å². The molecule has 1 fully saturated rings. The molecular weight excluding hydrogens is 368 g/mol. The minimum Gasteiger partial charge on any atom is -0.363 e. The Balaban J connectivity index is 1.76. The van der Waals surface area contributed by atoms with Gasteiger partial charge in [-0.25, -0.2) is 9.97 Å². The number of amides is 1. The fraction of sp³-hybridized carbons (Fsp3) is 0.500. The van der Waals surface area contributed by atoms with Crippen LogP contribution in [-0.2, 0) is 11.2 Å². The van der Waals surface area contributed by atoms with Crippen molar-refractivity contribution in [2.45, 2.75) is 49.9 Å². The Hall–Kier alpha value is -2.08. The van der Waals surface area contributed by atoms with Crippen molar-refractivity contribution in [3.05, 3.63) is 47.2 Å². The van der Waals surface area contributed by atoms with Crippen molar-refractivity contribution >= 4 is 23.5 Å². The number of nitrogens with zero attached hydrogens (tertiary/aromatic N) is 4. The zero-order chi connectivity index (χ0) is 20.3. The molecule has 0 spiro atoms. The van der Waals surface area contributed by atoms with E-state index < -0.39 is 0 Å². The van der Waals surface area contributed by atoms with E-state index in [0.717, 1.165) is 59.5 Å². The highest BCUT2D eigenvalue weighted by Crippen LogP contribution is 2.28. The van der Waals surface area contributed by atoms with E-state index in [0.29, 0.717) is 0 Å². The van der Waals surface area contributed by atoms with E-state index >= 15 is 0 Å². The number of rotatable bonds is 5. The van der Waals surface area contributed by atoms with Gasteiger partial charge in [0.2, 0.25) is 0 Å². The topological polar surface area (TPSA) is 49.3 Å². The molecule has 1 aromatic carbocycles. The Bertz CT molecular complexity index is 839. The van der Waals surface area contributed by atoms with Crippen LogP contribution in [0.5, 0.6) is 0 Å². The zero-order valence-corrected chi connectivity index (χ0v) is 18.3. The molecule has 6 heteroatoms. The first-order chi connectivity index (χ1) is 13.2. The summed E-state index contributed by atoms with van der Waals surface area (Å²) in [4.78, 5) is 26.1. The summed E-state index contributed by atoms with van der Waals surface area (Å²) in [7, 11) is 3.99. The predicted molar refractivity (Wildman–Crippen MR) is 116 cm³/mol. The van der Waals surface area contributed by atoms with Crippen LogP contribution in [0, 0.1) is 0 Å². The Morgan fingerprint density at radius 3 is 2.50 bits per heavy atom. The number of hydrogen-bond acceptors (Lipinski definition) is 5. The maximum atomic E-state index is 12.6. The molecule has 0 unspecified atom stereocenters. The average Bonchev–Trinajstić information content (AvgIpc) is 3.20. The summed E-state index contributed by atoms with van der Waals surface area (Å²) < 4.78 is 0. The molecule has 0 atom stereocenters. The van der Waals surface area contributed by atoms with Gasteiger partial charge in [0.05, 0.1) is 5.69 Å². The number of benzene rings is 1. The summed E-state index contributed by atoms with van der Waals surface area (Å²) in [6.07, 6.45) is 2.22. The average molecular weight is 399 g/mol. The molecule has 0 radical (unpaired) electrons. The van der Waals surface area contributed by atoms with Gasteiger partial charge < -0.3 is 9.80 Å². The van der Waals surface area contributed by atoms with E-state index in [9.17, 15) is 4.79 Å². The second kappa shape index (κ2) is 8.52. The highest BCUT2D eigenvalue weighted by atomic mass is 32.2.